The van der Waals surface area contributed by atoms with Crippen LogP contribution >= 0.6 is 0 Å². The summed E-state index contributed by atoms with van der Waals surface area (Å²) in [6.45, 7) is 5.11. The van der Waals surface area contributed by atoms with E-state index in [0.717, 1.165) is 49.4 Å². The van der Waals surface area contributed by atoms with Gasteiger partial charge in [-0.15, -0.1) is 0 Å². The van der Waals surface area contributed by atoms with E-state index in [2.05, 4.69) is 13.8 Å². The van der Waals surface area contributed by atoms with Crippen LogP contribution in [0.3, 0.4) is 0 Å². The lowest BCUT2D eigenvalue weighted by Gasteiger charge is -2.61. The molecule has 1 N–H and O–H groups in total. The molecule has 4 aliphatic carbocycles. The lowest BCUT2D eigenvalue weighted by Crippen LogP contribution is -2.53. The summed E-state index contributed by atoms with van der Waals surface area (Å²) in [4.78, 5) is 0.471. The maximum Gasteiger partial charge on any atom is 0.178 e. The third-order valence-corrected chi connectivity index (χ3v) is 12.7. The Hall–Kier alpha value is -0.870. The predicted octanol–water partition coefficient (Wildman–Crippen LogP) is 6.26. The van der Waals surface area contributed by atoms with E-state index in [0.29, 0.717) is 21.6 Å². The zero-order valence-electron chi connectivity index (χ0n) is 20.0. The summed E-state index contributed by atoms with van der Waals surface area (Å²) in [5.41, 5.74) is 0.834. The first-order valence-electron chi connectivity index (χ1n) is 13.2. The molecule has 32 heavy (non-hydrogen) atoms. The second kappa shape index (κ2) is 8.41. The van der Waals surface area contributed by atoms with Gasteiger partial charge in [-0.05, 0) is 123 Å². The molecule has 0 aromatic heterocycles. The topological polar surface area (TPSA) is 54.4 Å². The Morgan fingerprint density at radius 2 is 1.62 bits per heavy atom. The van der Waals surface area contributed by atoms with Gasteiger partial charge >= 0.3 is 0 Å². The summed E-state index contributed by atoms with van der Waals surface area (Å²) in [5.74, 6) is 4.19. The molecule has 0 bridgehead atoms. The normalized spacial score (nSPS) is 43.8. The van der Waals surface area contributed by atoms with Crippen molar-refractivity contribution < 1.29 is 13.5 Å². The van der Waals surface area contributed by atoms with Crippen LogP contribution in [0.15, 0.2) is 35.2 Å². The number of aliphatic hydroxyl groups excluding tert-OH is 1. The molecular weight excluding hydrogens is 416 g/mol. The van der Waals surface area contributed by atoms with E-state index in [9.17, 15) is 13.5 Å². The van der Waals surface area contributed by atoms with Crippen molar-refractivity contribution >= 4 is 9.84 Å². The molecule has 0 spiro atoms. The number of hydrogen-bond donors (Lipinski definition) is 1. The largest absolute Gasteiger partial charge is 0.393 e. The van der Waals surface area contributed by atoms with Gasteiger partial charge < -0.3 is 5.11 Å². The smallest absolute Gasteiger partial charge is 0.178 e. The fourth-order valence-electron chi connectivity index (χ4n) is 9.08. The summed E-state index contributed by atoms with van der Waals surface area (Å²) in [6.07, 6.45) is 13.0. The van der Waals surface area contributed by atoms with Crippen LogP contribution < -0.4 is 0 Å². The van der Waals surface area contributed by atoms with E-state index in [1.165, 1.54) is 44.9 Å². The number of rotatable bonds is 5. The summed E-state index contributed by atoms with van der Waals surface area (Å²) in [7, 11) is -3.17. The van der Waals surface area contributed by atoms with Crippen molar-refractivity contribution in [2.75, 3.05) is 5.75 Å². The summed E-state index contributed by atoms with van der Waals surface area (Å²) >= 11 is 0. The molecule has 4 fully saturated rings. The highest BCUT2D eigenvalue weighted by Crippen LogP contribution is 2.67. The third kappa shape index (κ3) is 3.78. The minimum absolute atomic E-state index is 0.0680. The summed E-state index contributed by atoms with van der Waals surface area (Å²) in [6, 6.07) is 8.96. The molecule has 6 unspecified atom stereocenters. The van der Waals surface area contributed by atoms with Crippen LogP contribution in [0.1, 0.15) is 84.5 Å². The van der Waals surface area contributed by atoms with Crippen molar-refractivity contribution in [2.24, 2.45) is 40.4 Å². The van der Waals surface area contributed by atoms with Crippen molar-refractivity contribution in [3.63, 3.8) is 0 Å². The lowest BCUT2D eigenvalue weighted by atomic mass is 9.44. The van der Waals surface area contributed by atoms with Crippen molar-refractivity contribution in [3.8, 4) is 0 Å². The van der Waals surface area contributed by atoms with E-state index in [1.54, 1.807) is 12.1 Å². The molecule has 1 aromatic carbocycles. The van der Waals surface area contributed by atoms with Crippen LogP contribution in [-0.4, -0.2) is 25.4 Å². The second-order valence-electron chi connectivity index (χ2n) is 12.2. The molecule has 5 rings (SSSR count). The molecular formula is C28H42O3S. The van der Waals surface area contributed by atoms with Crippen LogP contribution in [0, 0.1) is 40.4 Å². The third-order valence-electron chi connectivity index (χ3n) is 10.9. The molecule has 0 heterocycles. The Kier molecular flexibility index (Phi) is 6.02. The minimum atomic E-state index is -3.17. The lowest BCUT2D eigenvalue weighted by molar-refractivity contribution is -0.126. The quantitative estimate of drug-likeness (QED) is 0.566. The standard InChI is InChI=1S/C28H42O3S/c1-27-17-15-26-24(12-10-21-19-22(29)14-16-28(21,26)2)25(27)13-11-20(27)7-6-18-32(30,31)23-8-4-3-5-9-23/h3-5,8-9,20-22,24-26,29H,6-7,10-19H2,1-2H3/t20-,21?,22?,24-,25?,26?,27?,28?/m0/s1. The monoisotopic (exact) mass is 458 g/mol. The van der Waals surface area contributed by atoms with Crippen molar-refractivity contribution in [2.45, 2.75) is 95.5 Å². The second-order valence-corrected chi connectivity index (χ2v) is 14.3. The fourth-order valence-corrected chi connectivity index (χ4v) is 10.4. The molecule has 4 heteroatoms. The van der Waals surface area contributed by atoms with Gasteiger partial charge in [0.1, 0.15) is 0 Å². The van der Waals surface area contributed by atoms with E-state index in [4.69, 9.17) is 0 Å². The van der Waals surface area contributed by atoms with Crippen molar-refractivity contribution in [3.05, 3.63) is 30.3 Å². The molecule has 0 radical (unpaired) electrons. The molecule has 3 nitrogen and oxygen atoms in total. The molecule has 0 amide bonds. The average molecular weight is 459 g/mol. The van der Waals surface area contributed by atoms with Crippen molar-refractivity contribution in [1.82, 2.24) is 0 Å². The van der Waals surface area contributed by atoms with Gasteiger partial charge in [0, 0.05) is 0 Å². The highest BCUT2D eigenvalue weighted by atomic mass is 32.2. The Labute approximate surface area is 195 Å². The van der Waals surface area contributed by atoms with Gasteiger partial charge in [0.2, 0.25) is 0 Å². The van der Waals surface area contributed by atoms with Gasteiger partial charge in [-0.25, -0.2) is 8.42 Å². The van der Waals surface area contributed by atoms with E-state index >= 15 is 0 Å². The summed E-state index contributed by atoms with van der Waals surface area (Å²) < 4.78 is 25.5. The SMILES string of the molecule is CC12CCC(O)CC1CC[C@@H]1C2CCC2(C)C1CC[C@@H]2CCCS(=O)(=O)c1ccccc1. The van der Waals surface area contributed by atoms with E-state index in [1.807, 2.05) is 18.2 Å². The van der Waals surface area contributed by atoms with Crippen LogP contribution in [0.4, 0.5) is 0 Å². The maximum atomic E-state index is 12.7. The number of sulfone groups is 1. The molecule has 8 atom stereocenters. The molecule has 0 aliphatic heterocycles. The fraction of sp³-hybridized carbons (Fsp3) is 0.786. The predicted molar refractivity (Wildman–Crippen MR) is 129 cm³/mol. The van der Waals surface area contributed by atoms with Crippen molar-refractivity contribution in [1.29, 1.82) is 0 Å². The Bertz CT molecular complexity index is 912. The number of benzene rings is 1. The first-order valence-corrected chi connectivity index (χ1v) is 14.8. The number of hydrogen-bond acceptors (Lipinski definition) is 3. The first kappa shape index (κ1) is 22.9. The van der Waals surface area contributed by atoms with Gasteiger partial charge in [0.15, 0.2) is 9.84 Å². The van der Waals surface area contributed by atoms with E-state index < -0.39 is 9.84 Å². The molecule has 4 saturated carbocycles. The highest BCUT2D eigenvalue weighted by Gasteiger charge is 2.59. The van der Waals surface area contributed by atoms with E-state index in [-0.39, 0.29) is 11.9 Å². The van der Waals surface area contributed by atoms with Crippen LogP contribution in [0.25, 0.3) is 0 Å². The Morgan fingerprint density at radius 1 is 0.906 bits per heavy atom. The van der Waals surface area contributed by atoms with Gasteiger partial charge in [-0.1, -0.05) is 32.0 Å². The zero-order valence-corrected chi connectivity index (χ0v) is 20.8. The molecule has 178 valence electrons. The van der Waals surface area contributed by atoms with Gasteiger partial charge in [0.05, 0.1) is 16.8 Å². The van der Waals surface area contributed by atoms with Gasteiger partial charge in [-0.2, -0.15) is 0 Å². The minimum Gasteiger partial charge on any atom is -0.393 e. The molecule has 1 aromatic rings. The van der Waals surface area contributed by atoms with Crippen LogP contribution in [0.2, 0.25) is 0 Å². The van der Waals surface area contributed by atoms with Gasteiger partial charge in [0.25, 0.3) is 0 Å². The molecule has 0 saturated heterocycles. The Balaban J connectivity index is 1.24. The van der Waals surface area contributed by atoms with Crippen LogP contribution in [0.5, 0.6) is 0 Å². The summed E-state index contributed by atoms with van der Waals surface area (Å²) in [5, 5.41) is 10.3. The average Bonchev–Trinajstić information content (AvgIpc) is 3.11. The number of aliphatic hydroxyl groups is 1. The van der Waals surface area contributed by atoms with Crippen LogP contribution in [-0.2, 0) is 9.84 Å². The maximum absolute atomic E-state index is 12.7. The molecule has 4 aliphatic rings. The number of fused-ring (bicyclic) bond motifs is 5. The first-order chi connectivity index (χ1) is 15.2. The highest BCUT2D eigenvalue weighted by molar-refractivity contribution is 7.91. The van der Waals surface area contributed by atoms with Gasteiger partial charge in [-0.3, -0.25) is 0 Å². The zero-order chi connectivity index (χ0) is 22.6. The Morgan fingerprint density at radius 3 is 2.41 bits per heavy atom.